The Balaban J connectivity index is 1.00. The van der Waals surface area contributed by atoms with Crippen LogP contribution >= 0.6 is 0 Å². The molecule has 0 aliphatic carbocycles. The van der Waals surface area contributed by atoms with Crippen LogP contribution in [0.1, 0.15) is 11.1 Å². The summed E-state index contributed by atoms with van der Waals surface area (Å²) in [5.41, 5.74) is 9.04. The Morgan fingerprint density at radius 2 is 0.519 bits per heavy atom. The molecular weight excluding hydrogens is 629 g/mol. The Labute approximate surface area is 304 Å². The smallest absolute Gasteiger partial charge is 0.0468 e. The molecule has 0 spiro atoms. The fourth-order valence-corrected chi connectivity index (χ4v) is 7.08. The second-order valence-electron chi connectivity index (χ2n) is 13.1. The van der Waals surface area contributed by atoms with E-state index in [0.29, 0.717) is 0 Å². The predicted octanol–water partition coefficient (Wildman–Crippen LogP) is 14.3. The summed E-state index contributed by atoms with van der Waals surface area (Å²) in [6.45, 7) is 0. The van der Waals surface area contributed by atoms with Crippen molar-refractivity contribution in [2.75, 3.05) is 9.80 Å². The predicted molar refractivity (Wildman–Crippen MR) is 224 cm³/mol. The number of hydrogen-bond donors (Lipinski definition) is 0. The van der Waals surface area contributed by atoms with Gasteiger partial charge in [0.1, 0.15) is 0 Å². The van der Waals surface area contributed by atoms with Gasteiger partial charge in [-0.25, -0.2) is 0 Å². The summed E-state index contributed by atoms with van der Waals surface area (Å²) in [7, 11) is 0. The molecule has 0 N–H and O–H groups in total. The maximum atomic E-state index is 2.35. The van der Waals surface area contributed by atoms with Crippen LogP contribution in [-0.2, 0) is 0 Å². The number of para-hydroxylation sites is 1. The quantitative estimate of drug-likeness (QED) is 0.149. The van der Waals surface area contributed by atoms with Gasteiger partial charge in [0.15, 0.2) is 0 Å². The standard InChI is InChI=1S/C50H36N2/c1-2-16-45(17-3-1)51(48-31-24-39-10-4-7-13-42(39)34-48)46-27-20-37(21-28-46)18-19-38-22-29-47(30-23-38)52(49-32-25-40-11-5-8-14-43(40)35-49)50-33-26-41-12-6-9-15-44(41)36-50/h1-36H/b19-18+. The van der Waals surface area contributed by atoms with Crippen LogP contribution in [0.25, 0.3) is 44.5 Å². The van der Waals surface area contributed by atoms with Crippen LogP contribution in [0.4, 0.5) is 34.1 Å². The minimum absolute atomic E-state index is 1.11. The van der Waals surface area contributed by atoms with Crippen LogP contribution in [0, 0.1) is 0 Å². The number of rotatable bonds is 8. The number of anilines is 6. The molecule has 0 amide bonds. The van der Waals surface area contributed by atoms with Crippen molar-refractivity contribution >= 4 is 78.6 Å². The van der Waals surface area contributed by atoms with Crippen LogP contribution in [0.15, 0.2) is 206 Å². The minimum atomic E-state index is 1.11. The van der Waals surface area contributed by atoms with Crippen LogP contribution in [0.5, 0.6) is 0 Å². The van der Waals surface area contributed by atoms with Crippen LogP contribution in [0.2, 0.25) is 0 Å². The molecule has 52 heavy (non-hydrogen) atoms. The molecule has 246 valence electrons. The van der Waals surface area contributed by atoms with Crippen molar-refractivity contribution in [1.29, 1.82) is 0 Å². The van der Waals surface area contributed by atoms with E-state index in [-0.39, 0.29) is 0 Å². The number of hydrogen-bond acceptors (Lipinski definition) is 2. The average Bonchev–Trinajstić information content (AvgIpc) is 3.21. The molecule has 0 unspecified atom stereocenters. The Morgan fingerprint density at radius 1 is 0.231 bits per heavy atom. The van der Waals surface area contributed by atoms with Gasteiger partial charge in [0.2, 0.25) is 0 Å². The van der Waals surface area contributed by atoms with Gasteiger partial charge in [0, 0.05) is 34.1 Å². The molecule has 0 bridgehead atoms. The van der Waals surface area contributed by atoms with E-state index < -0.39 is 0 Å². The minimum Gasteiger partial charge on any atom is -0.310 e. The monoisotopic (exact) mass is 664 g/mol. The van der Waals surface area contributed by atoms with Gasteiger partial charge in [-0.3, -0.25) is 0 Å². The first-order valence-electron chi connectivity index (χ1n) is 17.8. The Morgan fingerprint density at radius 3 is 0.904 bits per heavy atom. The lowest BCUT2D eigenvalue weighted by atomic mass is 10.1. The van der Waals surface area contributed by atoms with E-state index in [1.165, 1.54) is 32.3 Å². The lowest BCUT2D eigenvalue weighted by molar-refractivity contribution is 1.29. The van der Waals surface area contributed by atoms with E-state index in [1.807, 2.05) is 0 Å². The first-order chi connectivity index (χ1) is 25.7. The Hall–Kier alpha value is -6.90. The molecule has 0 aliphatic rings. The van der Waals surface area contributed by atoms with Crippen molar-refractivity contribution in [3.8, 4) is 0 Å². The maximum absolute atomic E-state index is 2.35. The van der Waals surface area contributed by atoms with E-state index in [0.717, 1.165) is 45.3 Å². The molecule has 9 aromatic carbocycles. The van der Waals surface area contributed by atoms with Crippen molar-refractivity contribution in [2.45, 2.75) is 0 Å². The molecule has 0 saturated heterocycles. The van der Waals surface area contributed by atoms with Crippen molar-refractivity contribution in [1.82, 2.24) is 0 Å². The molecule has 0 saturated carbocycles. The highest BCUT2D eigenvalue weighted by molar-refractivity contribution is 5.93. The maximum Gasteiger partial charge on any atom is 0.0468 e. The third kappa shape index (κ3) is 6.30. The molecule has 9 rings (SSSR count). The fraction of sp³-hybridized carbons (Fsp3) is 0. The van der Waals surface area contributed by atoms with E-state index in [4.69, 9.17) is 0 Å². The lowest BCUT2D eigenvalue weighted by Gasteiger charge is -2.26. The summed E-state index contributed by atoms with van der Waals surface area (Å²) in [5, 5.41) is 7.38. The van der Waals surface area contributed by atoms with Gasteiger partial charge >= 0.3 is 0 Å². The third-order valence-corrected chi connectivity index (χ3v) is 9.76. The second kappa shape index (κ2) is 13.8. The molecule has 2 nitrogen and oxygen atoms in total. The molecule has 0 heterocycles. The van der Waals surface area contributed by atoms with Crippen LogP contribution in [-0.4, -0.2) is 0 Å². The van der Waals surface area contributed by atoms with Gasteiger partial charge < -0.3 is 9.80 Å². The molecule has 0 aliphatic heterocycles. The normalized spacial score (nSPS) is 11.4. The van der Waals surface area contributed by atoms with Crippen molar-refractivity contribution < 1.29 is 0 Å². The van der Waals surface area contributed by atoms with E-state index in [2.05, 4.69) is 228 Å². The second-order valence-corrected chi connectivity index (χ2v) is 13.1. The van der Waals surface area contributed by atoms with Gasteiger partial charge in [-0.1, -0.05) is 146 Å². The fourth-order valence-electron chi connectivity index (χ4n) is 7.08. The first kappa shape index (κ1) is 31.1. The topological polar surface area (TPSA) is 6.48 Å². The Bertz CT molecular complexity index is 2600. The number of fused-ring (bicyclic) bond motifs is 3. The highest BCUT2D eigenvalue weighted by Gasteiger charge is 2.15. The largest absolute Gasteiger partial charge is 0.310 e. The van der Waals surface area contributed by atoms with Gasteiger partial charge in [0.05, 0.1) is 0 Å². The Kier molecular flexibility index (Phi) is 8.24. The third-order valence-electron chi connectivity index (χ3n) is 9.76. The summed E-state index contributed by atoms with van der Waals surface area (Å²) in [4.78, 5) is 4.66. The van der Waals surface area contributed by atoms with Gasteiger partial charge in [-0.05, 0) is 116 Å². The van der Waals surface area contributed by atoms with Crippen molar-refractivity contribution in [2.24, 2.45) is 0 Å². The van der Waals surface area contributed by atoms with E-state index >= 15 is 0 Å². The van der Waals surface area contributed by atoms with Gasteiger partial charge in [-0.2, -0.15) is 0 Å². The number of benzene rings is 9. The zero-order valence-electron chi connectivity index (χ0n) is 28.7. The summed E-state index contributed by atoms with van der Waals surface area (Å²) in [6.07, 6.45) is 4.37. The van der Waals surface area contributed by atoms with Crippen LogP contribution in [0.3, 0.4) is 0 Å². The van der Waals surface area contributed by atoms with Crippen molar-refractivity contribution in [3.05, 3.63) is 217 Å². The molecule has 2 heteroatoms. The van der Waals surface area contributed by atoms with Crippen LogP contribution < -0.4 is 9.80 Å². The SMILES string of the molecule is C(=C\c1ccc(N(c2ccc3ccccc3c2)c2ccc3ccccc3c2)cc1)/c1ccc(N(c2ccccc2)c2ccc3ccccc3c2)cc1. The van der Waals surface area contributed by atoms with Crippen molar-refractivity contribution in [3.63, 3.8) is 0 Å². The van der Waals surface area contributed by atoms with Gasteiger partial charge in [0.25, 0.3) is 0 Å². The first-order valence-corrected chi connectivity index (χ1v) is 17.8. The van der Waals surface area contributed by atoms with E-state index in [9.17, 15) is 0 Å². The summed E-state index contributed by atoms with van der Waals surface area (Å²) >= 11 is 0. The molecular formula is C50H36N2. The molecule has 0 aromatic heterocycles. The summed E-state index contributed by atoms with van der Waals surface area (Å²) in [5.74, 6) is 0. The molecule has 0 radical (unpaired) electrons. The average molecular weight is 665 g/mol. The summed E-state index contributed by atoms with van der Waals surface area (Å²) in [6, 6.07) is 73.9. The van der Waals surface area contributed by atoms with Gasteiger partial charge in [-0.15, -0.1) is 0 Å². The molecule has 0 atom stereocenters. The zero-order valence-corrected chi connectivity index (χ0v) is 28.7. The summed E-state index contributed by atoms with van der Waals surface area (Å²) < 4.78 is 0. The zero-order chi connectivity index (χ0) is 34.7. The van der Waals surface area contributed by atoms with E-state index in [1.54, 1.807) is 0 Å². The highest BCUT2D eigenvalue weighted by atomic mass is 15.1. The number of nitrogens with zero attached hydrogens (tertiary/aromatic N) is 2. The molecule has 9 aromatic rings. The lowest BCUT2D eigenvalue weighted by Crippen LogP contribution is -2.09. The molecule has 0 fully saturated rings. The highest BCUT2D eigenvalue weighted by Crippen LogP contribution is 2.39.